The van der Waals surface area contributed by atoms with E-state index in [4.69, 9.17) is 4.43 Å². The second kappa shape index (κ2) is 6.78. The summed E-state index contributed by atoms with van der Waals surface area (Å²) >= 11 is 0. The van der Waals surface area contributed by atoms with Crippen LogP contribution in [0.2, 0.25) is 5.54 Å². The van der Waals surface area contributed by atoms with Crippen LogP contribution in [0.1, 0.15) is 27.7 Å². The molecule has 0 aromatic heterocycles. The van der Waals surface area contributed by atoms with Crippen LogP contribution in [0.15, 0.2) is 12.2 Å². The van der Waals surface area contributed by atoms with Crippen molar-refractivity contribution < 1.29 is 9.22 Å². The summed E-state index contributed by atoms with van der Waals surface area (Å²) in [6.07, 6.45) is 0.306. The number of amides is 1. The van der Waals surface area contributed by atoms with Gasteiger partial charge < -0.3 is 9.74 Å². The van der Waals surface area contributed by atoms with E-state index in [1.807, 2.05) is 13.8 Å². The quantitative estimate of drug-likeness (QED) is 0.530. The number of nitrogens with one attached hydrogen (secondary N) is 1. The van der Waals surface area contributed by atoms with Crippen LogP contribution in [-0.2, 0) is 9.22 Å². The van der Waals surface area contributed by atoms with Crippen molar-refractivity contribution >= 4 is 15.7 Å². The molecule has 0 bridgehead atoms. The van der Waals surface area contributed by atoms with Gasteiger partial charge in [-0.15, -0.1) is 0 Å². The molecule has 0 aromatic carbocycles. The maximum Gasteiger partial charge on any atom is 0.246 e. The molecule has 4 heteroatoms. The highest BCUT2D eigenvalue weighted by Crippen LogP contribution is 2.01. The average molecular weight is 215 g/mol. The molecule has 0 aliphatic heterocycles. The lowest BCUT2D eigenvalue weighted by Gasteiger charge is -2.14. The second-order valence-electron chi connectivity index (χ2n) is 3.98. The SMILES string of the molecule is C=C(C)C(=O)NCC(C)[SiH2]OC(C)C. The number of rotatable bonds is 6. The summed E-state index contributed by atoms with van der Waals surface area (Å²) in [5, 5.41) is 2.82. The number of hydrogen-bond acceptors (Lipinski definition) is 2. The predicted molar refractivity (Wildman–Crippen MR) is 62.0 cm³/mol. The van der Waals surface area contributed by atoms with Crippen molar-refractivity contribution in [2.75, 3.05) is 6.54 Å². The first-order valence-electron chi connectivity index (χ1n) is 4.98. The molecule has 1 N–H and O–H groups in total. The van der Waals surface area contributed by atoms with Gasteiger partial charge in [0.15, 0.2) is 9.76 Å². The maximum absolute atomic E-state index is 11.1. The van der Waals surface area contributed by atoms with Crippen molar-refractivity contribution in [3.05, 3.63) is 12.2 Å². The molecule has 1 amide bonds. The summed E-state index contributed by atoms with van der Waals surface area (Å²) in [5.74, 6) is -0.0598. The van der Waals surface area contributed by atoms with Gasteiger partial charge in [-0.25, -0.2) is 0 Å². The Morgan fingerprint density at radius 3 is 2.50 bits per heavy atom. The summed E-state index contributed by atoms with van der Waals surface area (Å²) in [6.45, 7) is 12.2. The van der Waals surface area contributed by atoms with E-state index >= 15 is 0 Å². The molecule has 82 valence electrons. The molecule has 0 radical (unpaired) electrons. The fourth-order valence-electron chi connectivity index (χ4n) is 0.833. The second-order valence-corrected chi connectivity index (χ2v) is 6.04. The Balaban J connectivity index is 3.58. The highest BCUT2D eigenvalue weighted by Gasteiger charge is 2.07. The lowest BCUT2D eigenvalue weighted by atomic mass is 10.3. The van der Waals surface area contributed by atoms with Crippen LogP contribution in [0.25, 0.3) is 0 Å². The Hall–Kier alpha value is -0.613. The Bertz CT molecular complexity index is 204. The Kier molecular flexibility index (Phi) is 6.49. The van der Waals surface area contributed by atoms with Crippen molar-refractivity contribution in [1.29, 1.82) is 0 Å². The van der Waals surface area contributed by atoms with E-state index in [0.29, 0.717) is 23.8 Å². The van der Waals surface area contributed by atoms with Crippen LogP contribution in [0.5, 0.6) is 0 Å². The van der Waals surface area contributed by atoms with Crippen LogP contribution in [0.3, 0.4) is 0 Å². The molecule has 0 spiro atoms. The predicted octanol–water partition coefficient (Wildman–Crippen LogP) is 0.996. The third kappa shape index (κ3) is 6.86. The fraction of sp³-hybridized carbons (Fsp3) is 0.700. The first-order chi connectivity index (χ1) is 6.43. The molecular formula is C10H21NO2Si. The van der Waals surface area contributed by atoms with E-state index in [0.717, 1.165) is 0 Å². The smallest absolute Gasteiger partial charge is 0.246 e. The summed E-state index contributed by atoms with van der Waals surface area (Å²) in [4.78, 5) is 11.1. The summed E-state index contributed by atoms with van der Waals surface area (Å²) < 4.78 is 5.56. The molecule has 1 unspecified atom stereocenters. The molecule has 1 atom stereocenters. The fourth-order valence-corrected chi connectivity index (χ4v) is 1.81. The van der Waals surface area contributed by atoms with Gasteiger partial charge in [0.05, 0.1) is 0 Å². The van der Waals surface area contributed by atoms with E-state index in [1.165, 1.54) is 0 Å². The van der Waals surface area contributed by atoms with Gasteiger partial charge in [0, 0.05) is 18.2 Å². The summed E-state index contributed by atoms with van der Waals surface area (Å²) in [5.41, 5.74) is 1.03. The van der Waals surface area contributed by atoms with Gasteiger partial charge in [-0.1, -0.05) is 13.5 Å². The van der Waals surface area contributed by atoms with Crippen LogP contribution in [0, 0.1) is 0 Å². The van der Waals surface area contributed by atoms with Crippen molar-refractivity contribution in [2.45, 2.75) is 39.3 Å². The highest BCUT2D eigenvalue weighted by atomic mass is 28.2. The molecule has 0 saturated carbocycles. The Morgan fingerprint density at radius 2 is 2.07 bits per heavy atom. The normalized spacial score (nSPS) is 13.5. The summed E-state index contributed by atoms with van der Waals surface area (Å²) in [7, 11) is -0.524. The van der Waals surface area contributed by atoms with E-state index < -0.39 is 9.76 Å². The monoisotopic (exact) mass is 215 g/mol. The zero-order valence-electron chi connectivity index (χ0n) is 9.59. The maximum atomic E-state index is 11.1. The molecule has 0 heterocycles. The first-order valence-corrected chi connectivity index (χ1v) is 6.38. The Morgan fingerprint density at radius 1 is 1.50 bits per heavy atom. The standard InChI is InChI=1S/C10H21NO2Si/c1-7(2)10(12)11-6-9(5)14-13-8(3)4/h8-9H,1,6,14H2,2-5H3,(H,11,12). The first kappa shape index (κ1) is 13.4. The third-order valence-electron chi connectivity index (χ3n) is 1.71. The topological polar surface area (TPSA) is 38.3 Å². The largest absolute Gasteiger partial charge is 0.421 e. The molecule has 3 nitrogen and oxygen atoms in total. The number of carbonyl (C=O) groups is 1. The molecule has 0 saturated heterocycles. The van der Waals surface area contributed by atoms with Gasteiger partial charge in [-0.3, -0.25) is 4.79 Å². The number of hydrogen-bond donors (Lipinski definition) is 1. The zero-order valence-corrected chi connectivity index (χ0v) is 11.0. The van der Waals surface area contributed by atoms with Crippen molar-refractivity contribution in [3.8, 4) is 0 Å². The van der Waals surface area contributed by atoms with Crippen LogP contribution >= 0.6 is 0 Å². The van der Waals surface area contributed by atoms with Gasteiger partial charge in [0.25, 0.3) is 0 Å². The minimum absolute atomic E-state index is 0.0598. The third-order valence-corrected chi connectivity index (χ3v) is 3.43. The molecule has 0 aliphatic carbocycles. The molecule has 0 rings (SSSR count). The average Bonchev–Trinajstić information content (AvgIpc) is 2.10. The van der Waals surface area contributed by atoms with Gasteiger partial charge >= 0.3 is 0 Å². The van der Waals surface area contributed by atoms with Gasteiger partial charge in [0.1, 0.15) is 0 Å². The lowest BCUT2D eigenvalue weighted by molar-refractivity contribution is -0.117. The van der Waals surface area contributed by atoms with E-state index in [1.54, 1.807) is 6.92 Å². The van der Waals surface area contributed by atoms with Crippen molar-refractivity contribution in [1.82, 2.24) is 5.32 Å². The minimum atomic E-state index is -0.524. The van der Waals surface area contributed by atoms with Crippen LogP contribution < -0.4 is 5.32 Å². The van der Waals surface area contributed by atoms with Crippen LogP contribution in [-0.4, -0.2) is 28.3 Å². The number of carbonyl (C=O) groups excluding carboxylic acids is 1. The van der Waals surface area contributed by atoms with Crippen LogP contribution in [0.4, 0.5) is 0 Å². The molecule has 14 heavy (non-hydrogen) atoms. The van der Waals surface area contributed by atoms with Crippen molar-refractivity contribution in [3.63, 3.8) is 0 Å². The minimum Gasteiger partial charge on any atom is -0.421 e. The zero-order chi connectivity index (χ0) is 11.1. The lowest BCUT2D eigenvalue weighted by Crippen LogP contribution is -2.29. The van der Waals surface area contributed by atoms with Crippen molar-refractivity contribution in [2.24, 2.45) is 0 Å². The van der Waals surface area contributed by atoms with Gasteiger partial charge in [-0.2, -0.15) is 0 Å². The highest BCUT2D eigenvalue weighted by molar-refractivity contribution is 6.29. The summed E-state index contributed by atoms with van der Waals surface area (Å²) in [6, 6.07) is 0. The molecule has 0 aromatic rings. The Labute approximate surface area is 88.9 Å². The molecular weight excluding hydrogens is 194 g/mol. The van der Waals surface area contributed by atoms with E-state index in [2.05, 4.69) is 18.8 Å². The van der Waals surface area contributed by atoms with E-state index in [-0.39, 0.29) is 5.91 Å². The van der Waals surface area contributed by atoms with Gasteiger partial charge in [0.2, 0.25) is 5.91 Å². The van der Waals surface area contributed by atoms with Gasteiger partial charge in [-0.05, 0) is 26.3 Å². The molecule has 0 fully saturated rings. The molecule has 0 aliphatic rings. The van der Waals surface area contributed by atoms with E-state index in [9.17, 15) is 4.79 Å².